The van der Waals surface area contributed by atoms with E-state index in [4.69, 9.17) is 5.73 Å². The number of carbonyl (C=O) groups excluding carboxylic acids is 3. The normalized spacial score (nSPS) is 19.0. The Morgan fingerprint density at radius 3 is 1.66 bits per heavy atom. The van der Waals surface area contributed by atoms with E-state index < -0.39 is 145 Å². The minimum atomic E-state index is -4.58. The summed E-state index contributed by atoms with van der Waals surface area (Å²) in [5.41, 5.74) is -2.84. The van der Waals surface area contributed by atoms with Crippen LogP contribution in [0.15, 0.2) is 0 Å². The van der Waals surface area contributed by atoms with Crippen LogP contribution in [-0.2, 0) is 10.6 Å². The molecule has 50 heavy (non-hydrogen) atoms. The van der Waals surface area contributed by atoms with Crippen LogP contribution in [0, 0.1) is 0 Å². The fourth-order valence-electron chi connectivity index (χ4n) is 5.50. The quantitative estimate of drug-likeness (QED) is 0.0664. The van der Waals surface area contributed by atoms with Crippen LogP contribution in [0.3, 0.4) is 0 Å². The fourth-order valence-corrected chi connectivity index (χ4v) is 5.50. The number of anilines is 2. The number of piperidine rings is 1. The number of hydrogen-bond donors (Lipinski definition) is 17. The van der Waals surface area contributed by atoms with Gasteiger partial charge in [0.1, 0.15) is 17.1 Å². The van der Waals surface area contributed by atoms with Gasteiger partial charge in [0.25, 0.3) is 17.6 Å². The standard InChI is InChI=1S/C25H25N5O20/c1-50-19-17(38)15(36)10(16(37)18(19)39)30-7-5(6(27-30)20(26)40)22(42,43)3-28(21(7)41)8-11(32)13(34)9(14(35)12(8)33)29-4(31)2-23(44,45)24(46,47)25(29,48)49/h32-39,42-49H,2-3H2,1H3,(H2,26,40). The largest absolute Gasteiger partial charge is 0.503 e. The molecular formula is C25H25N5O20. The topological polar surface area (TPSA) is 434 Å². The maximum absolute atomic E-state index is 14.0. The minimum absolute atomic E-state index is 0.0488. The Hall–Kier alpha value is -6.06. The van der Waals surface area contributed by atoms with E-state index >= 15 is 0 Å². The summed E-state index contributed by atoms with van der Waals surface area (Å²) < 4.78 is 4.72. The Morgan fingerprint density at radius 2 is 1.20 bits per heavy atom. The summed E-state index contributed by atoms with van der Waals surface area (Å²) in [7, 11) is 0.884. The third kappa shape index (κ3) is 4.29. The Kier molecular flexibility index (Phi) is 7.38. The predicted molar refractivity (Wildman–Crippen MR) is 150 cm³/mol. The maximum Gasteiger partial charge on any atom is 0.316 e. The van der Waals surface area contributed by atoms with Crippen LogP contribution in [-0.4, -0.2) is 140 Å². The van der Waals surface area contributed by atoms with E-state index in [1.165, 1.54) is 0 Å². The summed E-state index contributed by atoms with van der Waals surface area (Å²) in [6.07, 6.45) is -1.79. The number of primary amides is 1. The molecule has 3 amide bonds. The van der Waals surface area contributed by atoms with Crippen molar-refractivity contribution < 1.29 is 101 Å². The Labute approximate surface area is 273 Å². The second kappa shape index (κ2) is 10.5. The van der Waals surface area contributed by atoms with Gasteiger partial charge in [-0.25, -0.2) is 9.58 Å². The van der Waals surface area contributed by atoms with Crippen molar-refractivity contribution in [1.29, 1.82) is 0 Å². The van der Waals surface area contributed by atoms with Crippen molar-refractivity contribution in [2.75, 3.05) is 23.5 Å². The molecular weight excluding hydrogens is 690 g/mol. The van der Waals surface area contributed by atoms with Crippen LogP contribution in [0.2, 0.25) is 0 Å². The molecule has 1 saturated heterocycles. The molecule has 25 nitrogen and oxygen atoms in total. The van der Waals surface area contributed by atoms with Crippen molar-refractivity contribution in [3.63, 3.8) is 0 Å². The third-order valence-corrected chi connectivity index (χ3v) is 7.91. The van der Waals surface area contributed by atoms with Gasteiger partial charge in [0.2, 0.25) is 34.7 Å². The number of aromatic nitrogens is 2. The Bertz CT molecular complexity index is 1980. The third-order valence-electron chi connectivity index (χ3n) is 7.91. The van der Waals surface area contributed by atoms with Crippen molar-refractivity contribution in [3.8, 4) is 57.4 Å². The number of fused-ring (bicyclic) bond motifs is 1. The van der Waals surface area contributed by atoms with Crippen molar-refractivity contribution in [3.05, 3.63) is 17.0 Å². The van der Waals surface area contributed by atoms with Gasteiger partial charge >= 0.3 is 5.91 Å². The highest BCUT2D eigenvalue weighted by Crippen LogP contribution is 2.59. The van der Waals surface area contributed by atoms with Crippen LogP contribution < -0.4 is 20.3 Å². The molecule has 0 unspecified atom stereocenters. The summed E-state index contributed by atoms with van der Waals surface area (Å²) in [6, 6.07) is 0. The summed E-state index contributed by atoms with van der Waals surface area (Å²) in [4.78, 5) is 38.2. The van der Waals surface area contributed by atoms with Crippen LogP contribution in [0.4, 0.5) is 11.4 Å². The van der Waals surface area contributed by atoms with Crippen molar-refractivity contribution >= 4 is 29.1 Å². The molecule has 0 spiro atoms. The zero-order valence-corrected chi connectivity index (χ0v) is 24.6. The second-order valence-electron chi connectivity index (χ2n) is 11.0. The lowest BCUT2D eigenvalue weighted by Crippen LogP contribution is -2.79. The van der Waals surface area contributed by atoms with Crippen LogP contribution in [0.5, 0.6) is 51.7 Å². The van der Waals surface area contributed by atoms with Gasteiger partial charge in [0.15, 0.2) is 45.9 Å². The summed E-state index contributed by atoms with van der Waals surface area (Å²) in [5, 5.41) is 172. The van der Waals surface area contributed by atoms with Crippen molar-refractivity contribution in [2.45, 2.75) is 29.7 Å². The summed E-state index contributed by atoms with van der Waals surface area (Å²) in [5.74, 6) is -35.7. The average molecular weight is 715 g/mol. The molecule has 1 aromatic heterocycles. The Balaban J connectivity index is 1.78. The maximum atomic E-state index is 14.0. The number of carbonyl (C=O) groups is 3. The molecule has 25 heteroatoms. The number of ether oxygens (including phenoxy) is 1. The zero-order chi connectivity index (χ0) is 38.0. The first-order chi connectivity index (χ1) is 22.8. The van der Waals surface area contributed by atoms with E-state index in [9.17, 15) is 96.1 Å². The lowest BCUT2D eigenvalue weighted by Gasteiger charge is -2.51. The lowest BCUT2D eigenvalue weighted by molar-refractivity contribution is -0.455. The number of nitrogens with two attached hydrogens (primary N) is 1. The fraction of sp³-hybridized carbons (Fsp3) is 0.280. The number of hydrogen-bond acceptors (Lipinski definition) is 21. The highest BCUT2D eigenvalue weighted by atomic mass is 16.7. The van der Waals surface area contributed by atoms with Crippen molar-refractivity contribution in [2.24, 2.45) is 5.73 Å². The van der Waals surface area contributed by atoms with Crippen LogP contribution in [0.1, 0.15) is 33.0 Å². The lowest BCUT2D eigenvalue weighted by atomic mass is 9.90. The number of amides is 3. The van der Waals surface area contributed by atoms with E-state index in [2.05, 4.69) is 9.84 Å². The van der Waals surface area contributed by atoms with Gasteiger partial charge in [0, 0.05) is 0 Å². The highest BCUT2D eigenvalue weighted by molar-refractivity contribution is 6.13. The summed E-state index contributed by atoms with van der Waals surface area (Å²) >= 11 is 0. The first-order valence-electron chi connectivity index (χ1n) is 13.2. The second-order valence-corrected chi connectivity index (χ2v) is 11.0. The first-order valence-corrected chi connectivity index (χ1v) is 13.2. The van der Waals surface area contributed by atoms with Crippen molar-refractivity contribution in [1.82, 2.24) is 9.78 Å². The number of nitrogens with zero attached hydrogens (tertiary/aromatic N) is 4. The zero-order valence-electron chi connectivity index (χ0n) is 24.6. The predicted octanol–water partition coefficient (Wildman–Crippen LogP) is -5.84. The molecule has 0 saturated carbocycles. The van der Waals surface area contributed by atoms with Crippen LogP contribution in [0.25, 0.3) is 5.69 Å². The molecule has 5 rings (SSSR count). The van der Waals surface area contributed by atoms with Gasteiger partial charge in [-0.3, -0.25) is 19.3 Å². The SMILES string of the molecule is COc1c(O)c(O)c(-n2nc(C(N)=O)c3c2C(=O)N(c2c(O)c(O)c(N4C(=O)CC(O)(O)C(O)(O)C4(O)O)c(O)c2O)CC3(O)O)c(O)c1O. The number of β-amino-alcohol motifs (C(OH)–C–C–N with tert-alkyl or cyclic N) is 2. The van der Waals surface area contributed by atoms with Gasteiger partial charge in [-0.1, -0.05) is 0 Å². The van der Waals surface area contributed by atoms with Gasteiger partial charge in [-0.05, 0) is 0 Å². The molecule has 2 aliphatic rings. The van der Waals surface area contributed by atoms with E-state index in [1.54, 1.807) is 0 Å². The smallest absolute Gasteiger partial charge is 0.316 e. The molecule has 2 aliphatic heterocycles. The highest BCUT2D eigenvalue weighted by Gasteiger charge is 2.71. The summed E-state index contributed by atoms with van der Waals surface area (Å²) in [6.45, 7) is -1.58. The number of aliphatic hydroxyl groups is 8. The van der Waals surface area contributed by atoms with Gasteiger partial charge in [-0.15, -0.1) is 0 Å². The number of benzene rings is 2. The number of rotatable bonds is 5. The first kappa shape index (κ1) is 35.3. The van der Waals surface area contributed by atoms with E-state index in [0.29, 0.717) is 0 Å². The number of phenolic OH excluding ortho intramolecular Hbond substituents is 8. The molecule has 270 valence electrons. The Morgan fingerprint density at radius 1 is 0.740 bits per heavy atom. The molecule has 3 heterocycles. The number of phenols is 8. The van der Waals surface area contributed by atoms with E-state index in [0.717, 1.165) is 7.11 Å². The molecule has 0 atom stereocenters. The van der Waals surface area contributed by atoms with Gasteiger partial charge in [-0.2, -0.15) is 5.10 Å². The van der Waals surface area contributed by atoms with E-state index in [1.807, 2.05) is 0 Å². The molecule has 0 radical (unpaired) electrons. The molecule has 2 aromatic carbocycles. The number of aromatic hydroxyl groups is 8. The average Bonchev–Trinajstić information content (AvgIpc) is 3.41. The van der Waals surface area contributed by atoms with Gasteiger partial charge < -0.3 is 92.2 Å². The molecule has 0 bridgehead atoms. The minimum Gasteiger partial charge on any atom is -0.503 e. The molecule has 18 N–H and O–H groups in total. The molecule has 0 aliphatic carbocycles. The molecule has 1 fully saturated rings. The number of methoxy groups -OCH3 is 1. The van der Waals surface area contributed by atoms with Crippen LogP contribution >= 0.6 is 0 Å². The van der Waals surface area contributed by atoms with Gasteiger partial charge in [0.05, 0.1) is 25.6 Å². The monoisotopic (exact) mass is 715 g/mol. The molecule has 3 aromatic rings. The van der Waals surface area contributed by atoms with E-state index in [-0.39, 0.29) is 9.58 Å².